The van der Waals surface area contributed by atoms with Crippen molar-refractivity contribution in [2.24, 2.45) is 4.99 Å². The van der Waals surface area contributed by atoms with Gasteiger partial charge in [-0.1, -0.05) is 0 Å². The Morgan fingerprint density at radius 3 is 3.04 bits per heavy atom. The zero-order valence-corrected chi connectivity index (χ0v) is 16.6. The number of thiophene rings is 1. The predicted molar refractivity (Wildman–Crippen MR) is 107 cm³/mol. The van der Waals surface area contributed by atoms with E-state index in [1.807, 2.05) is 18.4 Å². The molecule has 0 aliphatic carbocycles. The lowest BCUT2D eigenvalue weighted by Crippen LogP contribution is -2.47. The van der Waals surface area contributed by atoms with Crippen LogP contribution in [0.2, 0.25) is 0 Å². The Morgan fingerprint density at radius 2 is 2.19 bits per heavy atom. The Labute approximate surface area is 160 Å². The van der Waals surface area contributed by atoms with Crippen molar-refractivity contribution in [1.29, 1.82) is 0 Å². The smallest absolute Gasteiger partial charge is 0.193 e. The lowest BCUT2D eigenvalue weighted by Gasteiger charge is -2.32. The fourth-order valence-electron chi connectivity index (χ4n) is 4.33. The molecule has 0 bridgehead atoms. The first-order valence-electron chi connectivity index (χ1n) is 9.88. The number of nitrogens with one attached hydrogen (secondary N) is 1. The summed E-state index contributed by atoms with van der Waals surface area (Å²) in [5.74, 6) is 1.06. The van der Waals surface area contributed by atoms with Gasteiger partial charge in [0.05, 0.1) is 13.2 Å². The number of ether oxygens (including phenoxy) is 1. The fourth-order valence-corrected chi connectivity index (χ4v) is 5.22. The Balaban J connectivity index is 1.21. The van der Waals surface area contributed by atoms with E-state index in [1.165, 1.54) is 24.9 Å². The second-order valence-electron chi connectivity index (χ2n) is 7.41. The van der Waals surface area contributed by atoms with E-state index in [-0.39, 0.29) is 0 Å². The van der Waals surface area contributed by atoms with E-state index < -0.39 is 0 Å². The molecule has 1 unspecified atom stereocenters. The highest BCUT2D eigenvalue weighted by Crippen LogP contribution is 2.23. The number of guanidine groups is 1. The van der Waals surface area contributed by atoms with E-state index in [1.54, 1.807) is 4.88 Å². The molecule has 0 aromatic carbocycles. The second kappa shape index (κ2) is 8.69. The monoisotopic (exact) mass is 377 g/mol. The van der Waals surface area contributed by atoms with Crippen LogP contribution in [0.3, 0.4) is 0 Å². The number of morpholine rings is 1. The van der Waals surface area contributed by atoms with Gasteiger partial charge in [-0.3, -0.25) is 14.8 Å². The SMILES string of the molecule is CN=C(NCCN1CCc2sccc2C1)N1CCC(N2CCOCC2)C1. The Kier molecular flexibility index (Phi) is 6.09. The summed E-state index contributed by atoms with van der Waals surface area (Å²) >= 11 is 1.91. The van der Waals surface area contributed by atoms with E-state index in [0.29, 0.717) is 6.04 Å². The van der Waals surface area contributed by atoms with E-state index in [2.05, 4.69) is 36.5 Å². The van der Waals surface area contributed by atoms with Crippen molar-refractivity contribution < 1.29 is 4.74 Å². The minimum atomic E-state index is 0.650. The molecule has 0 amide bonds. The molecule has 2 saturated heterocycles. The molecule has 26 heavy (non-hydrogen) atoms. The minimum absolute atomic E-state index is 0.650. The zero-order chi connectivity index (χ0) is 17.8. The third-order valence-electron chi connectivity index (χ3n) is 5.83. The first-order chi connectivity index (χ1) is 12.8. The number of fused-ring (bicyclic) bond motifs is 1. The molecule has 2 fully saturated rings. The van der Waals surface area contributed by atoms with Crippen LogP contribution in [0.5, 0.6) is 0 Å². The molecule has 7 heteroatoms. The average molecular weight is 378 g/mol. The molecule has 1 atom stereocenters. The Bertz CT molecular complexity index is 613. The molecule has 1 aromatic heterocycles. The molecule has 1 aromatic rings. The van der Waals surface area contributed by atoms with Gasteiger partial charge in [0.15, 0.2) is 5.96 Å². The van der Waals surface area contributed by atoms with Crippen molar-refractivity contribution in [2.45, 2.75) is 25.4 Å². The van der Waals surface area contributed by atoms with Gasteiger partial charge in [0, 0.05) is 70.3 Å². The summed E-state index contributed by atoms with van der Waals surface area (Å²) in [4.78, 5) is 13.7. The van der Waals surface area contributed by atoms with Crippen LogP contribution in [0, 0.1) is 0 Å². The molecule has 3 aliphatic rings. The Morgan fingerprint density at radius 1 is 1.31 bits per heavy atom. The number of nitrogens with zero attached hydrogens (tertiary/aromatic N) is 4. The molecule has 6 nitrogen and oxygen atoms in total. The van der Waals surface area contributed by atoms with Crippen molar-refractivity contribution in [1.82, 2.24) is 20.0 Å². The molecule has 4 rings (SSSR count). The zero-order valence-electron chi connectivity index (χ0n) is 15.8. The van der Waals surface area contributed by atoms with Crippen molar-refractivity contribution in [3.05, 3.63) is 21.9 Å². The number of likely N-dealkylation sites (tertiary alicyclic amines) is 1. The van der Waals surface area contributed by atoms with Gasteiger partial charge in [-0.05, 0) is 29.9 Å². The van der Waals surface area contributed by atoms with Crippen molar-refractivity contribution in [2.75, 3.05) is 66.1 Å². The van der Waals surface area contributed by atoms with Gasteiger partial charge >= 0.3 is 0 Å². The molecule has 1 N–H and O–H groups in total. The molecule has 4 heterocycles. The molecule has 0 saturated carbocycles. The first-order valence-corrected chi connectivity index (χ1v) is 10.8. The third kappa shape index (κ3) is 4.22. The van der Waals surface area contributed by atoms with Gasteiger partial charge in [-0.15, -0.1) is 11.3 Å². The quantitative estimate of drug-likeness (QED) is 0.629. The van der Waals surface area contributed by atoms with Crippen LogP contribution in [-0.2, 0) is 17.7 Å². The number of aliphatic imine (C=N–C) groups is 1. The summed E-state index contributed by atoms with van der Waals surface area (Å²) in [6, 6.07) is 2.94. The highest BCUT2D eigenvalue weighted by molar-refractivity contribution is 7.10. The number of hydrogen-bond acceptors (Lipinski definition) is 5. The minimum Gasteiger partial charge on any atom is -0.379 e. The van der Waals surface area contributed by atoms with Gasteiger partial charge < -0.3 is 15.0 Å². The molecular weight excluding hydrogens is 346 g/mol. The maximum Gasteiger partial charge on any atom is 0.193 e. The van der Waals surface area contributed by atoms with Crippen LogP contribution in [0.15, 0.2) is 16.4 Å². The van der Waals surface area contributed by atoms with Gasteiger partial charge in [0.2, 0.25) is 0 Å². The fraction of sp³-hybridized carbons (Fsp3) is 0.737. The van der Waals surface area contributed by atoms with E-state index in [4.69, 9.17) is 4.74 Å². The van der Waals surface area contributed by atoms with E-state index in [9.17, 15) is 0 Å². The van der Waals surface area contributed by atoms with E-state index >= 15 is 0 Å². The van der Waals surface area contributed by atoms with Gasteiger partial charge in [-0.25, -0.2) is 0 Å². The van der Waals surface area contributed by atoms with Crippen molar-refractivity contribution in [3.63, 3.8) is 0 Å². The van der Waals surface area contributed by atoms with Crippen LogP contribution >= 0.6 is 11.3 Å². The van der Waals surface area contributed by atoms with Crippen LogP contribution in [0.4, 0.5) is 0 Å². The lowest BCUT2D eigenvalue weighted by molar-refractivity contribution is 0.0195. The summed E-state index contributed by atoms with van der Waals surface area (Å²) in [6.45, 7) is 10.4. The second-order valence-corrected chi connectivity index (χ2v) is 8.41. The van der Waals surface area contributed by atoms with E-state index in [0.717, 1.165) is 65.0 Å². The lowest BCUT2D eigenvalue weighted by atomic mass is 10.1. The summed E-state index contributed by atoms with van der Waals surface area (Å²) in [6.07, 6.45) is 2.43. The first kappa shape index (κ1) is 18.2. The molecule has 0 radical (unpaired) electrons. The highest BCUT2D eigenvalue weighted by Gasteiger charge is 2.30. The third-order valence-corrected chi connectivity index (χ3v) is 6.86. The largest absolute Gasteiger partial charge is 0.379 e. The standard InChI is InChI=1S/C19H31N5OS/c1-20-19(24-7-2-17(15-24)23-9-11-25-12-10-23)21-5-8-22-6-3-18-16(14-22)4-13-26-18/h4,13,17H,2-3,5-12,14-15H2,1H3,(H,20,21). The predicted octanol–water partition coefficient (Wildman–Crippen LogP) is 1.09. The summed E-state index contributed by atoms with van der Waals surface area (Å²) in [7, 11) is 1.91. The van der Waals surface area contributed by atoms with Gasteiger partial charge in [0.25, 0.3) is 0 Å². The maximum atomic E-state index is 5.49. The van der Waals surface area contributed by atoms with Crippen LogP contribution in [-0.4, -0.2) is 92.8 Å². The highest BCUT2D eigenvalue weighted by atomic mass is 32.1. The molecular formula is C19H31N5OS. The van der Waals surface area contributed by atoms with Crippen LogP contribution in [0.25, 0.3) is 0 Å². The van der Waals surface area contributed by atoms with Crippen molar-refractivity contribution >= 4 is 17.3 Å². The Hall–Kier alpha value is -1.15. The normalized spacial score (nSPS) is 25.5. The van der Waals surface area contributed by atoms with Crippen LogP contribution < -0.4 is 5.32 Å². The molecule has 0 spiro atoms. The van der Waals surface area contributed by atoms with Crippen molar-refractivity contribution in [3.8, 4) is 0 Å². The summed E-state index contributed by atoms with van der Waals surface area (Å²) in [5.41, 5.74) is 1.53. The summed E-state index contributed by atoms with van der Waals surface area (Å²) < 4.78 is 5.49. The maximum absolute atomic E-state index is 5.49. The van der Waals surface area contributed by atoms with Gasteiger partial charge in [0.1, 0.15) is 0 Å². The number of rotatable bonds is 4. The molecule has 144 valence electrons. The molecule has 3 aliphatic heterocycles. The summed E-state index contributed by atoms with van der Waals surface area (Å²) in [5, 5.41) is 5.82. The van der Waals surface area contributed by atoms with Crippen LogP contribution in [0.1, 0.15) is 16.9 Å². The topological polar surface area (TPSA) is 43.3 Å². The van der Waals surface area contributed by atoms with Gasteiger partial charge in [-0.2, -0.15) is 0 Å². The average Bonchev–Trinajstić information content (AvgIpc) is 3.35. The number of hydrogen-bond donors (Lipinski definition) is 1.